The van der Waals surface area contributed by atoms with Crippen molar-refractivity contribution in [2.24, 2.45) is 0 Å². The van der Waals surface area contributed by atoms with Gasteiger partial charge in [-0.05, 0) is 47.5 Å². The molecule has 0 atom stereocenters. The SMILES string of the molecule is O=C(O)c1cc2c(c(C(=O)O)c1)Nc1ccc(-c3ccc(Cl)c(Cl)c3)cc1O2. The number of carbonyl (C=O) groups is 2. The molecule has 1 aliphatic heterocycles. The molecule has 3 N–H and O–H groups in total. The van der Waals surface area contributed by atoms with E-state index in [9.17, 15) is 19.8 Å². The average Bonchev–Trinajstić information content (AvgIpc) is 2.67. The molecule has 28 heavy (non-hydrogen) atoms. The van der Waals surface area contributed by atoms with Crippen molar-refractivity contribution in [3.8, 4) is 22.6 Å². The number of rotatable bonds is 3. The van der Waals surface area contributed by atoms with E-state index >= 15 is 0 Å². The summed E-state index contributed by atoms with van der Waals surface area (Å²) < 4.78 is 5.83. The molecule has 0 radical (unpaired) electrons. The number of nitrogens with one attached hydrogen (secondary N) is 1. The molecule has 1 aliphatic rings. The zero-order valence-corrected chi connectivity index (χ0v) is 15.5. The molecule has 0 saturated heterocycles. The van der Waals surface area contributed by atoms with Gasteiger partial charge in [-0.15, -0.1) is 0 Å². The number of fused-ring (bicyclic) bond motifs is 2. The highest BCUT2D eigenvalue weighted by atomic mass is 35.5. The van der Waals surface area contributed by atoms with Gasteiger partial charge in [-0.3, -0.25) is 0 Å². The van der Waals surface area contributed by atoms with Crippen LogP contribution in [0, 0.1) is 0 Å². The van der Waals surface area contributed by atoms with Crippen LogP contribution < -0.4 is 10.1 Å². The Kier molecular flexibility index (Phi) is 4.37. The first-order chi connectivity index (χ1) is 13.3. The molecule has 0 unspecified atom stereocenters. The van der Waals surface area contributed by atoms with Gasteiger partial charge < -0.3 is 20.3 Å². The topological polar surface area (TPSA) is 95.9 Å². The second-order valence-corrected chi connectivity index (χ2v) is 6.89. The van der Waals surface area contributed by atoms with Gasteiger partial charge in [0.25, 0.3) is 0 Å². The first-order valence-corrected chi connectivity index (χ1v) is 8.78. The minimum atomic E-state index is -1.26. The number of anilines is 2. The highest BCUT2D eigenvalue weighted by molar-refractivity contribution is 6.42. The van der Waals surface area contributed by atoms with Gasteiger partial charge in [0.15, 0.2) is 11.5 Å². The van der Waals surface area contributed by atoms with Gasteiger partial charge in [0.2, 0.25) is 0 Å². The second-order valence-electron chi connectivity index (χ2n) is 6.07. The molecule has 0 aliphatic carbocycles. The van der Waals surface area contributed by atoms with Crippen LogP contribution in [0.15, 0.2) is 48.5 Å². The molecule has 0 fully saturated rings. The summed E-state index contributed by atoms with van der Waals surface area (Å²) in [5.74, 6) is -1.96. The lowest BCUT2D eigenvalue weighted by molar-refractivity contribution is 0.0696. The van der Waals surface area contributed by atoms with E-state index in [-0.39, 0.29) is 22.6 Å². The summed E-state index contributed by atoms with van der Waals surface area (Å²) in [7, 11) is 0. The fourth-order valence-electron chi connectivity index (χ4n) is 2.94. The number of hydrogen-bond acceptors (Lipinski definition) is 4. The third-order valence-corrected chi connectivity index (χ3v) is 5.03. The minimum absolute atomic E-state index is 0.121. The number of carboxylic acids is 2. The van der Waals surface area contributed by atoms with Gasteiger partial charge in [-0.1, -0.05) is 35.3 Å². The molecule has 8 heteroatoms. The van der Waals surface area contributed by atoms with E-state index in [0.717, 1.165) is 17.2 Å². The molecule has 140 valence electrons. The molecule has 0 saturated carbocycles. The standard InChI is InChI=1S/C20H11Cl2NO5/c21-13-3-1-9(6-14(13)22)10-2-4-15-16(7-10)28-17-8-11(19(24)25)5-12(20(26)27)18(17)23-15/h1-8,23H,(H,24,25)(H,26,27). The van der Waals surface area contributed by atoms with Crippen LogP contribution in [0.4, 0.5) is 11.4 Å². The van der Waals surface area contributed by atoms with E-state index in [1.165, 1.54) is 6.07 Å². The quantitative estimate of drug-likeness (QED) is 0.385. The summed E-state index contributed by atoms with van der Waals surface area (Å²) in [6.45, 7) is 0. The van der Waals surface area contributed by atoms with Crippen molar-refractivity contribution in [2.45, 2.75) is 0 Å². The van der Waals surface area contributed by atoms with Crippen LogP contribution in [0.1, 0.15) is 20.7 Å². The zero-order valence-electron chi connectivity index (χ0n) is 14.0. The maximum Gasteiger partial charge on any atom is 0.337 e. The van der Waals surface area contributed by atoms with Crippen LogP contribution >= 0.6 is 23.2 Å². The summed E-state index contributed by atoms with van der Waals surface area (Å²) in [4.78, 5) is 22.9. The third kappa shape index (κ3) is 3.13. The Morgan fingerprint density at radius 3 is 2.21 bits per heavy atom. The number of hydrogen-bond donors (Lipinski definition) is 3. The Morgan fingerprint density at radius 1 is 0.821 bits per heavy atom. The van der Waals surface area contributed by atoms with E-state index in [1.807, 2.05) is 12.1 Å². The van der Waals surface area contributed by atoms with Crippen molar-refractivity contribution in [3.63, 3.8) is 0 Å². The number of benzene rings is 3. The maximum atomic E-state index is 11.5. The van der Waals surface area contributed by atoms with Gasteiger partial charge in [0, 0.05) is 0 Å². The predicted molar refractivity (Wildman–Crippen MR) is 106 cm³/mol. The molecule has 0 aromatic heterocycles. The Balaban J connectivity index is 1.79. The van der Waals surface area contributed by atoms with Crippen LogP contribution in [0.3, 0.4) is 0 Å². The highest BCUT2D eigenvalue weighted by Crippen LogP contribution is 2.45. The fraction of sp³-hybridized carbons (Fsp3) is 0. The van der Waals surface area contributed by atoms with Crippen LogP contribution in [-0.4, -0.2) is 22.2 Å². The summed E-state index contributed by atoms with van der Waals surface area (Å²) in [5, 5.41) is 22.5. The fourth-order valence-corrected chi connectivity index (χ4v) is 3.23. The van der Waals surface area contributed by atoms with Gasteiger partial charge in [-0.25, -0.2) is 9.59 Å². The van der Waals surface area contributed by atoms with Crippen molar-refractivity contribution >= 4 is 46.5 Å². The summed E-state index contributed by atoms with van der Waals surface area (Å²) in [5.41, 5.74) is 2.01. The monoisotopic (exact) mass is 415 g/mol. The Labute approximate surface area is 168 Å². The third-order valence-electron chi connectivity index (χ3n) is 4.29. The molecule has 0 bridgehead atoms. The maximum absolute atomic E-state index is 11.5. The molecule has 0 spiro atoms. The largest absolute Gasteiger partial charge is 0.478 e. The Bertz CT molecular complexity index is 1160. The zero-order chi connectivity index (χ0) is 20.0. The van der Waals surface area contributed by atoms with Crippen molar-refractivity contribution < 1.29 is 24.5 Å². The van der Waals surface area contributed by atoms with E-state index < -0.39 is 11.9 Å². The first-order valence-electron chi connectivity index (χ1n) is 8.02. The van der Waals surface area contributed by atoms with Crippen molar-refractivity contribution in [2.75, 3.05) is 5.32 Å². The van der Waals surface area contributed by atoms with Crippen molar-refractivity contribution in [1.82, 2.24) is 0 Å². The number of ether oxygens (including phenoxy) is 1. The van der Waals surface area contributed by atoms with Gasteiger partial charge in [-0.2, -0.15) is 0 Å². The first kappa shape index (κ1) is 18.2. The lowest BCUT2D eigenvalue weighted by Gasteiger charge is -2.24. The number of aromatic carboxylic acids is 2. The molecule has 1 heterocycles. The molecule has 0 amide bonds. The van der Waals surface area contributed by atoms with E-state index in [1.54, 1.807) is 24.3 Å². The van der Waals surface area contributed by atoms with E-state index in [2.05, 4.69) is 5.32 Å². The number of halogens is 2. The van der Waals surface area contributed by atoms with Gasteiger partial charge >= 0.3 is 11.9 Å². The lowest BCUT2D eigenvalue weighted by atomic mass is 10.0. The molecular weight excluding hydrogens is 405 g/mol. The lowest BCUT2D eigenvalue weighted by Crippen LogP contribution is -2.11. The van der Waals surface area contributed by atoms with Crippen LogP contribution in [0.25, 0.3) is 11.1 Å². The molecule has 4 rings (SSSR count). The van der Waals surface area contributed by atoms with Crippen molar-refractivity contribution in [3.05, 3.63) is 69.7 Å². The highest BCUT2D eigenvalue weighted by Gasteiger charge is 2.25. The van der Waals surface area contributed by atoms with Crippen LogP contribution in [-0.2, 0) is 0 Å². The molecular formula is C20H11Cl2NO5. The second kappa shape index (κ2) is 6.74. The molecule has 3 aromatic carbocycles. The normalized spacial score (nSPS) is 11.6. The van der Waals surface area contributed by atoms with Crippen molar-refractivity contribution in [1.29, 1.82) is 0 Å². The van der Waals surface area contributed by atoms with Gasteiger partial charge in [0.05, 0.1) is 32.5 Å². The minimum Gasteiger partial charge on any atom is -0.478 e. The van der Waals surface area contributed by atoms with Gasteiger partial charge in [0.1, 0.15) is 0 Å². The summed E-state index contributed by atoms with van der Waals surface area (Å²) >= 11 is 12.0. The van der Waals surface area contributed by atoms with E-state index in [0.29, 0.717) is 21.5 Å². The van der Waals surface area contributed by atoms with E-state index in [4.69, 9.17) is 27.9 Å². The Morgan fingerprint density at radius 2 is 1.54 bits per heavy atom. The average molecular weight is 416 g/mol. The molecule has 3 aromatic rings. The van der Waals surface area contributed by atoms with Crippen LogP contribution in [0.5, 0.6) is 11.5 Å². The summed E-state index contributed by atoms with van der Waals surface area (Å²) in [6, 6.07) is 12.9. The predicted octanol–water partition coefficient (Wildman–Crippen LogP) is 5.91. The summed E-state index contributed by atoms with van der Waals surface area (Å²) in [6.07, 6.45) is 0. The smallest absolute Gasteiger partial charge is 0.337 e. The van der Waals surface area contributed by atoms with Crippen LogP contribution in [0.2, 0.25) is 10.0 Å². The number of carboxylic acid groups (broad SMARTS) is 2. The molecule has 6 nitrogen and oxygen atoms in total. The Hall–Kier alpha value is -3.22.